The highest BCUT2D eigenvalue weighted by Crippen LogP contribution is 2.19. The van der Waals surface area contributed by atoms with Crippen LogP contribution >= 0.6 is 0 Å². The molecule has 15 heavy (non-hydrogen) atoms. The van der Waals surface area contributed by atoms with Crippen LogP contribution in [0.5, 0.6) is 0 Å². The molecule has 1 atom stereocenters. The van der Waals surface area contributed by atoms with Crippen LogP contribution in [0, 0.1) is 0 Å². The van der Waals surface area contributed by atoms with Crippen LogP contribution in [0.15, 0.2) is 0 Å². The van der Waals surface area contributed by atoms with E-state index in [2.05, 4.69) is 0 Å². The fourth-order valence-electron chi connectivity index (χ4n) is 2.15. The maximum Gasteiger partial charge on any atom is 0.236 e. The number of likely N-dealkylation sites (N-methyl/N-ethyl adjacent to an activating group) is 1. The number of nitrogens with zero attached hydrogens (tertiary/aromatic N) is 2. The predicted octanol–water partition coefficient (Wildman–Crippen LogP) is -1.05. The Morgan fingerprint density at radius 1 is 1.33 bits per heavy atom. The summed E-state index contributed by atoms with van der Waals surface area (Å²) in [5, 5.41) is 0. The highest BCUT2D eigenvalue weighted by atomic mass is 32.2. The number of piperazine rings is 1. The monoisotopic (exact) mass is 232 g/mol. The number of hydrogen-bond acceptors (Lipinski definition) is 4. The molecule has 0 saturated carbocycles. The number of carbonyl (C=O) groups is 1. The van der Waals surface area contributed by atoms with Gasteiger partial charge in [-0.1, -0.05) is 0 Å². The number of amides is 1. The van der Waals surface area contributed by atoms with Crippen LogP contribution in [0.25, 0.3) is 0 Å². The minimum absolute atomic E-state index is 0.0626. The van der Waals surface area contributed by atoms with E-state index in [4.69, 9.17) is 0 Å². The summed E-state index contributed by atoms with van der Waals surface area (Å²) in [6, 6.07) is 0.0626. The van der Waals surface area contributed by atoms with Gasteiger partial charge in [-0.3, -0.25) is 9.69 Å². The van der Waals surface area contributed by atoms with Crippen LogP contribution in [0.1, 0.15) is 6.42 Å². The fourth-order valence-corrected chi connectivity index (χ4v) is 3.91. The van der Waals surface area contributed by atoms with E-state index in [-0.39, 0.29) is 23.5 Å². The van der Waals surface area contributed by atoms with Crippen LogP contribution < -0.4 is 0 Å². The van der Waals surface area contributed by atoms with Gasteiger partial charge in [-0.25, -0.2) is 8.42 Å². The van der Waals surface area contributed by atoms with E-state index in [1.807, 2.05) is 4.90 Å². The molecular weight excluding hydrogens is 216 g/mol. The Bertz CT molecular complexity index is 366. The van der Waals surface area contributed by atoms with Crippen LogP contribution in [0.3, 0.4) is 0 Å². The lowest BCUT2D eigenvalue weighted by atomic mass is 10.2. The molecule has 1 unspecified atom stereocenters. The Balaban J connectivity index is 1.99. The third-order valence-corrected chi connectivity index (χ3v) is 4.96. The minimum Gasteiger partial charge on any atom is -0.343 e. The first-order valence-corrected chi connectivity index (χ1v) is 6.98. The molecule has 2 rings (SSSR count). The molecule has 1 amide bonds. The topological polar surface area (TPSA) is 57.7 Å². The van der Waals surface area contributed by atoms with Crippen LogP contribution in [0.2, 0.25) is 0 Å². The zero-order valence-electron chi connectivity index (χ0n) is 8.85. The Morgan fingerprint density at radius 3 is 2.60 bits per heavy atom. The van der Waals surface area contributed by atoms with Gasteiger partial charge in [-0.05, 0) is 6.42 Å². The third kappa shape index (κ3) is 2.31. The number of carbonyl (C=O) groups excluding carboxylic acids is 1. The van der Waals surface area contributed by atoms with E-state index in [1.54, 1.807) is 11.9 Å². The van der Waals surface area contributed by atoms with Crippen LogP contribution in [-0.2, 0) is 14.6 Å². The van der Waals surface area contributed by atoms with Crippen molar-refractivity contribution in [2.75, 3.05) is 38.2 Å². The molecule has 2 aliphatic rings. The Labute approximate surface area is 90.0 Å². The second-order valence-corrected chi connectivity index (χ2v) is 6.57. The Kier molecular flexibility index (Phi) is 2.72. The smallest absolute Gasteiger partial charge is 0.236 e. The molecule has 0 bridgehead atoms. The highest BCUT2D eigenvalue weighted by Gasteiger charge is 2.35. The van der Waals surface area contributed by atoms with Crippen LogP contribution in [0.4, 0.5) is 0 Å². The molecule has 0 aromatic rings. The van der Waals surface area contributed by atoms with Gasteiger partial charge >= 0.3 is 0 Å². The molecule has 2 aliphatic heterocycles. The maximum absolute atomic E-state index is 11.5. The lowest BCUT2D eigenvalue weighted by Crippen LogP contribution is -2.52. The molecule has 5 nitrogen and oxygen atoms in total. The van der Waals surface area contributed by atoms with Gasteiger partial charge in [0.1, 0.15) is 0 Å². The van der Waals surface area contributed by atoms with Gasteiger partial charge < -0.3 is 4.90 Å². The summed E-state index contributed by atoms with van der Waals surface area (Å²) in [4.78, 5) is 15.2. The van der Waals surface area contributed by atoms with Gasteiger partial charge in [0.05, 0.1) is 18.1 Å². The second kappa shape index (κ2) is 3.75. The van der Waals surface area contributed by atoms with Gasteiger partial charge in [0.15, 0.2) is 9.84 Å². The molecule has 0 N–H and O–H groups in total. The Hall–Kier alpha value is -0.620. The fraction of sp³-hybridized carbons (Fsp3) is 0.889. The first-order valence-electron chi connectivity index (χ1n) is 5.16. The Morgan fingerprint density at radius 2 is 2.07 bits per heavy atom. The number of hydrogen-bond donors (Lipinski definition) is 0. The van der Waals surface area contributed by atoms with E-state index in [0.717, 1.165) is 6.54 Å². The van der Waals surface area contributed by atoms with Gasteiger partial charge in [0.2, 0.25) is 5.91 Å². The molecule has 2 saturated heterocycles. The van der Waals surface area contributed by atoms with Gasteiger partial charge in [-0.15, -0.1) is 0 Å². The predicted molar refractivity (Wildman–Crippen MR) is 56.3 cm³/mol. The summed E-state index contributed by atoms with van der Waals surface area (Å²) in [7, 11) is -1.06. The molecule has 6 heteroatoms. The van der Waals surface area contributed by atoms with Gasteiger partial charge in [0, 0.05) is 26.2 Å². The summed E-state index contributed by atoms with van der Waals surface area (Å²) in [6.45, 7) is 1.87. The average Bonchev–Trinajstić information content (AvgIpc) is 2.51. The number of rotatable bonds is 1. The largest absolute Gasteiger partial charge is 0.343 e. The molecular formula is C9H16N2O3S. The van der Waals surface area contributed by atoms with E-state index >= 15 is 0 Å². The first kappa shape index (κ1) is 10.9. The van der Waals surface area contributed by atoms with Crippen molar-refractivity contribution in [3.05, 3.63) is 0 Å². The zero-order chi connectivity index (χ0) is 11.1. The van der Waals surface area contributed by atoms with E-state index in [0.29, 0.717) is 19.5 Å². The van der Waals surface area contributed by atoms with E-state index < -0.39 is 9.84 Å². The van der Waals surface area contributed by atoms with Crippen LogP contribution in [-0.4, -0.2) is 68.4 Å². The van der Waals surface area contributed by atoms with Crippen molar-refractivity contribution >= 4 is 15.7 Å². The van der Waals surface area contributed by atoms with Gasteiger partial charge in [-0.2, -0.15) is 0 Å². The molecule has 86 valence electrons. The van der Waals surface area contributed by atoms with Gasteiger partial charge in [0.25, 0.3) is 0 Å². The second-order valence-electron chi connectivity index (χ2n) is 4.34. The summed E-state index contributed by atoms with van der Waals surface area (Å²) >= 11 is 0. The summed E-state index contributed by atoms with van der Waals surface area (Å²) in [5.74, 6) is 0.591. The van der Waals surface area contributed by atoms with Crippen molar-refractivity contribution in [1.29, 1.82) is 0 Å². The molecule has 0 radical (unpaired) electrons. The minimum atomic E-state index is -2.84. The number of sulfone groups is 1. The first-order chi connectivity index (χ1) is 6.98. The van der Waals surface area contributed by atoms with Crippen molar-refractivity contribution in [2.24, 2.45) is 0 Å². The highest BCUT2D eigenvalue weighted by molar-refractivity contribution is 7.91. The van der Waals surface area contributed by atoms with E-state index in [9.17, 15) is 13.2 Å². The van der Waals surface area contributed by atoms with Crippen molar-refractivity contribution in [3.63, 3.8) is 0 Å². The molecule has 0 aromatic carbocycles. The third-order valence-electron chi connectivity index (χ3n) is 3.21. The zero-order valence-corrected chi connectivity index (χ0v) is 9.66. The van der Waals surface area contributed by atoms with Crippen molar-refractivity contribution in [2.45, 2.75) is 12.5 Å². The summed E-state index contributed by atoms with van der Waals surface area (Å²) in [5.41, 5.74) is 0. The molecule has 2 fully saturated rings. The standard InChI is InChI=1S/C9H16N2O3S/c1-10-3-4-11(6-9(10)12)8-2-5-15(13,14)7-8/h8H,2-7H2,1H3. The van der Waals surface area contributed by atoms with E-state index in [1.165, 1.54) is 0 Å². The maximum atomic E-state index is 11.5. The average molecular weight is 232 g/mol. The van der Waals surface area contributed by atoms with Crippen molar-refractivity contribution in [3.8, 4) is 0 Å². The molecule has 0 aromatic heterocycles. The molecule has 0 spiro atoms. The summed E-state index contributed by atoms with van der Waals surface area (Å²) in [6.07, 6.45) is 0.680. The molecule has 2 heterocycles. The lowest BCUT2D eigenvalue weighted by molar-refractivity contribution is -0.135. The quantitative estimate of drug-likeness (QED) is 0.579. The molecule has 0 aliphatic carbocycles. The van der Waals surface area contributed by atoms with Crippen molar-refractivity contribution < 1.29 is 13.2 Å². The van der Waals surface area contributed by atoms with Crippen molar-refractivity contribution in [1.82, 2.24) is 9.80 Å². The SMILES string of the molecule is CN1CCN(C2CCS(=O)(=O)C2)CC1=O. The lowest BCUT2D eigenvalue weighted by Gasteiger charge is -2.35. The summed E-state index contributed by atoms with van der Waals surface area (Å²) < 4.78 is 22.6. The normalized spacial score (nSPS) is 32.2.